The van der Waals surface area contributed by atoms with Crippen molar-refractivity contribution in [3.63, 3.8) is 0 Å². The third kappa shape index (κ3) is 1.72. The van der Waals surface area contributed by atoms with Gasteiger partial charge in [0.2, 0.25) is 0 Å². The molecule has 0 spiro atoms. The molecule has 0 aliphatic carbocycles. The molecule has 1 rings (SSSR count). The summed E-state index contributed by atoms with van der Waals surface area (Å²) in [7, 11) is 0. The lowest BCUT2D eigenvalue weighted by Crippen LogP contribution is -1.90. The molecule has 2 nitrogen and oxygen atoms in total. The summed E-state index contributed by atoms with van der Waals surface area (Å²) in [6.07, 6.45) is 5.48. The predicted octanol–water partition coefficient (Wildman–Crippen LogP) is 2.25. The van der Waals surface area contributed by atoms with E-state index in [1.807, 2.05) is 25.1 Å². The van der Waals surface area contributed by atoms with Gasteiger partial charge in [-0.3, -0.25) is 0 Å². The number of aromatic nitrogens is 1. The van der Waals surface area contributed by atoms with E-state index in [1.54, 1.807) is 12.3 Å². The third-order valence-corrected chi connectivity index (χ3v) is 1.65. The van der Waals surface area contributed by atoms with E-state index in [2.05, 4.69) is 11.6 Å². The topological polar surface area (TPSA) is 38.9 Å². The lowest BCUT2D eigenvalue weighted by atomic mass is 10.1. The van der Waals surface area contributed by atoms with Crippen LogP contribution in [-0.4, -0.2) is 4.98 Å². The van der Waals surface area contributed by atoms with Crippen molar-refractivity contribution in [2.24, 2.45) is 0 Å². The molecular weight excluding hydrogens is 148 g/mol. The summed E-state index contributed by atoms with van der Waals surface area (Å²) in [5.74, 6) is 0.536. The Kier molecular flexibility index (Phi) is 2.64. The normalized spacial score (nSPS) is 11.2. The number of nitrogens with two attached hydrogens (primary N) is 1. The van der Waals surface area contributed by atoms with E-state index in [1.165, 1.54) is 0 Å². The monoisotopic (exact) mass is 160 g/mol. The van der Waals surface area contributed by atoms with Crippen LogP contribution in [0.1, 0.15) is 12.5 Å². The van der Waals surface area contributed by atoms with Gasteiger partial charge in [-0.25, -0.2) is 4.98 Å². The summed E-state index contributed by atoms with van der Waals surface area (Å²) >= 11 is 0. The molecule has 0 aliphatic heterocycles. The van der Waals surface area contributed by atoms with E-state index < -0.39 is 0 Å². The van der Waals surface area contributed by atoms with Crippen molar-refractivity contribution in [2.45, 2.75) is 6.92 Å². The molecule has 62 valence electrons. The van der Waals surface area contributed by atoms with Gasteiger partial charge in [0, 0.05) is 6.20 Å². The SMILES string of the molecule is C=CC(=CC)c1ccnc(N)c1. The number of hydrogen-bond donors (Lipinski definition) is 1. The van der Waals surface area contributed by atoms with Crippen LogP contribution in [0.4, 0.5) is 5.82 Å². The molecule has 0 bridgehead atoms. The van der Waals surface area contributed by atoms with Crippen LogP contribution in [0.3, 0.4) is 0 Å². The molecule has 0 fully saturated rings. The van der Waals surface area contributed by atoms with Crippen molar-refractivity contribution in [2.75, 3.05) is 5.73 Å². The molecule has 0 saturated carbocycles. The molecule has 0 atom stereocenters. The standard InChI is InChI=1S/C10H12N2/c1-3-8(4-2)9-5-6-12-10(11)7-9/h3-7H,1H2,2H3,(H2,11,12). The Morgan fingerprint density at radius 3 is 2.92 bits per heavy atom. The Labute approximate surface area is 72.4 Å². The Morgan fingerprint density at radius 2 is 2.42 bits per heavy atom. The minimum atomic E-state index is 0.536. The van der Waals surface area contributed by atoms with E-state index >= 15 is 0 Å². The van der Waals surface area contributed by atoms with E-state index in [9.17, 15) is 0 Å². The van der Waals surface area contributed by atoms with Crippen LogP contribution in [0.25, 0.3) is 5.57 Å². The van der Waals surface area contributed by atoms with Crippen molar-refractivity contribution in [3.8, 4) is 0 Å². The van der Waals surface area contributed by atoms with Gasteiger partial charge in [0.1, 0.15) is 5.82 Å². The molecular formula is C10H12N2. The molecule has 2 heteroatoms. The first-order chi connectivity index (χ1) is 5.77. The summed E-state index contributed by atoms with van der Waals surface area (Å²) in [5, 5.41) is 0. The van der Waals surface area contributed by atoms with Crippen LogP contribution in [-0.2, 0) is 0 Å². The van der Waals surface area contributed by atoms with Crippen molar-refractivity contribution in [3.05, 3.63) is 42.6 Å². The van der Waals surface area contributed by atoms with E-state index in [0.717, 1.165) is 11.1 Å². The highest BCUT2D eigenvalue weighted by molar-refractivity contribution is 5.74. The Bertz CT molecular complexity index is 313. The molecule has 0 amide bonds. The van der Waals surface area contributed by atoms with Gasteiger partial charge >= 0.3 is 0 Å². The highest BCUT2D eigenvalue weighted by Crippen LogP contribution is 2.15. The minimum absolute atomic E-state index is 0.536. The number of nitrogen functional groups attached to an aromatic ring is 1. The number of pyridine rings is 1. The van der Waals surface area contributed by atoms with Crippen molar-refractivity contribution >= 4 is 11.4 Å². The van der Waals surface area contributed by atoms with Gasteiger partial charge in [-0.05, 0) is 30.2 Å². The smallest absolute Gasteiger partial charge is 0.123 e. The number of nitrogens with zero attached hydrogens (tertiary/aromatic N) is 1. The van der Waals surface area contributed by atoms with Crippen LogP contribution < -0.4 is 5.73 Å². The Hall–Kier alpha value is -1.57. The number of anilines is 1. The highest BCUT2D eigenvalue weighted by Gasteiger charge is 1.95. The fraction of sp³-hybridized carbons (Fsp3) is 0.100. The average molecular weight is 160 g/mol. The Morgan fingerprint density at radius 1 is 1.67 bits per heavy atom. The summed E-state index contributed by atoms with van der Waals surface area (Å²) in [4.78, 5) is 3.91. The van der Waals surface area contributed by atoms with Gasteiger partial charge in [-0.2, -0.15) is 0 Å². The van der Waals surface area contributed by atoms with Crippen LogP contribution in [0.5, 0.6) is 0 Å². The quantitative estimate of drug-likeness (QED) is 0.674. The van der Waals surface area contributed by atoms with E-state index in [0.29, 0.717) is 5.82 Å². The zero-order valence-corrected chi connectivity index (χ0v) is 7.12. The lowest BCUT2D eigenvalue weighted by Gasteiger charge is -2.00. The minimum Gasteiger partial charge on any atom is -0.384 e. The first-order valence-corrected chi connectivity index (χ1v) is 3.78. The summed E-state index contributed by atoms with van der Waals surface area (Å²) < 4.78 is 0. The van der Waals surface area contributed by atoms with E-state index in [-0.39, 0.29) is 0 Å². The maximum absolute atomic E-state index is 5.53. The summed E-state index contributed by atoms with van der Waals surface area (Å²) in [6, 6.07) is 3.74. The van der Waals surface area contributed by atoms with Gasteiger partial charge in [0.05, 0.1) is 0 Å². The zero-order chi connectivity index (χ0) is 8.97. The average Bonchev–Trinajstić information content (AvgIpc) is 2.07. The maximum Gasteiger partial charge on any atom is 0.123 e. The van der Waals surface area contributed by atoms with Gasteiger partial charge in [-0.1, -0.05) is 18.7 Å². The lowest BCUT2D eigenvalue weighted by molar-refractivity contribution is 1.32. The molecule has 1 heterocycles. The Balaban J connectivity index is 3.10. The second-order valence-corrected chi connectivity index (χ2v) is 2.42. The third-order valence-electron chi connectivity index (χ3n) is 1.65. The first-order valence-electron chi connectivity index (χ1n) is 3.78. The number of allylic oxidation sites excluding steroid dienone is 3. The summed E-state index contributed by atoms with van der Waals surface area (Å²) in [5.41, 5.74) is 7.66. The molecule has 2 N–H and O–H groups in total. The van der Waals surface area contributed by atoms with Crippen molar-refractivity contribution in [1.82, 2.24) is 4.98 Å². The van der Waals surface area contributed by atoms with Gasteiger partial charge in [-0.15, -0.1) is 0 Å². The zero-order valence-electron chi connectivity index (χ0n) is 7.12. The van der Waals surface area contributed by atoms with Crippen molar-refractivity contribution < 1.29 is 0 Å². The second-order valence-electron chi connectivity index (χ2n) is 2.42. The van der Waals surface area contributed by atoms with Crippen molar-refractivity contribution in [1.29, 1.82) is 0 Å². The van der Waals surface area contributed by atoms with Gasteiger partial charge in [0.15, 0.2) is 0 Å². The van der Waals surface area contributed by atoms with Crippen LogP contribution in [0, 0.1) is 0 Å². The molecule has 0 aliphatic rings. The predicted molar refractivity (Wildman–Crippen MR) is 52.5 cm³/mol. The molecule has 0 radical (unpaired) electrons. The fourth-order valence-corrected chi connectivity index (χ4v) is 1.03. The van der Waals surface area contributed by atoms with Crippen LogP contribution in [0.2, 0.25) is 0 Å². The largest absolute Gasteiger partial charge is 0.384 e. The van der Waals surface area contributed by atoms with E-state index in [4.69, 9.17) is 5.73 Å². The molecule has 0 unspecified atom stereocenters. The summed E-state index contributed by atoms with van der Waals surface area (Å²) in [6.45, 7) is 5.67. The van der Waals surface area contributed by atoms with Crippen LogP contribution in [0.15, 0.2) is 37.1 Å². The van der Waals surface area contributed by atoms with Crippen LogP contribution >= 0.6 is 0 Å². The molecule has 1 aromatic rings. The first kappa shape index (κ1) is 8.53. The molecule has 12 heavy (non-hydrogen) atoms. The second kappa shape index (κ2) is 3.72. The number of rotatable bonds is 2. The van der Waals surface area contributed by atoms with Gasteiger partial charge < -0.3 is 5.73 Å². The molecule has 0 saturated heterocycles. The highest BCUT2D eigenvalue weighted by atomic mass is 14.8. The number of hydrogen-bond acceptors (Lipinski definition) is 2. The van der Waals surface area contributed by atoms with Gasteiger partial charge in [0.25, 0.3) is 0 Å². The maximum atomic E-state index is 5.53. The molecule has 0 aromatic carbocycles. The molecule has 1 aromatic heterocycles. The fourth-order valence-electron chi connectivity index (χ4n) is 1.03.